The molecule has 0 spiro atoms. The number of carboxylic acid groups (broad SMARTS) is 1. The van der Waals surface area contributed by atoms with Gasteiger partial charge in [0.25, 0.3) is 0 Å². The molecule has 18 heavy (non-hydrogen) atoms. The molecule has 0 aromatic carbocycles. The van der Waals surface area contributed by atoms with E-state index >= 15 is 0 Å². The van der Waals surface area contributed by atoms with Crippen LogP contribution in [0.3, 0.4) is 0 Å². The highest BCUT2D eigenvalue weighted by Gasteiger charge is 2.64. The van der Waals surface area contributed by atoms with Crippen molar-refractivity contribution < 1.29 is 14.7 Å². The molecule has 1 aliphatic carbocycles. The van der Waals surface area contributed by atoms with Gasteiger partial charge in [-0.15, -0.1) is 0 Å². The second-order valence-electron chi connectivity index (χ2n) is 6.35. The van der Waals surface area contributed by atoms with Crippen LogP contribution < -0.4 is 5.32 Å². The van der Waals surface area contributed by atoms with Gasteiger partial charge in [-0.3, -0.25) is 9.59 Å². The summed E-state index contributed by atoms with van der Waals surface area (Å²) in [5, 5.41) is 12.4. The second kappa shape index (κ2) is 4.56. The molecule has 2 unspecified atom stereocenters. The predicted molar refractivity (Wildman–Crippen MR) is 70.2 cm³/mol. The molecule has 1 fully saturated rings. The molecule has 2 N–H and O–H groups in total. The standard InChI is InChI=1S/C14H25NO3/c1-6-9-15-10(16)13(4)7-8-14(5,11(17)18)12(13,2)3/h6-9H2,1-5H3,(H,15,16)(H,17,18). The minimum absolute atomic E-state index is 0.0145. The maximum Gasteiger partial charge on any atom is 0.309 e. The lowest BCUT2D eigenvalue weighted by atomic mass is 9.59. The summed E-state index contributed by atoms with van der Waals surface area (Å²) in [4.78, 5) is 23.9. The fourth-order valence-corrected chi connectivity index (χ4v) is 2.94. The molecule has 0 radical (unpaired) electrons. The van der Waals surface area contributed by atoms with Gasteiger partial charge in [-0.25, -0.2) is 0 Å². The van der Waals surface area contributed by atoms with Crippen LogP contribution in [0.1, 0.15) is 53.9 Å². The zero-order valence-corrected chi connectivity index (χ0v) is 12.1. The zero-order chi connectivity index (χ0) is 14.2. The van der Waals surface area contributed by atoms with Crippen LogP contribution in [0.15, 0.2) is 0 Å². The van der Waals surface area contributed by atoms with E-state index in [0.29, 0.717) is 19.4 Å². The van der Waals surface area contributed by atoms with E-state index in [4.69, 9.17) is 0 Å². The quantitative estimate of drug-likeness (QED) is 0.810. The average Bonchev–Trinajstić information content (AvgIpc) is 2.49. The van der Waals surface area contributed by atoms with E-state index in [1.807, 2.05) is 27.7 Å². The number of carbonyl (C=O) groups excluding carboxylic acids is 1. The highest BCUT2D eigenvalue weighted by Crippen LogP contribution is 2.62. The topological polar surface area (TPSA) is 66.4 Å². The molecular weight excluding hydrogens is 230 g/mol. The highest BCUT2D eigenvalue weighted by molar-refractivity contribution is 5.86. The van der Waals surface area contributed by atoms with Gasteiger partial charge in [-0.1, -0.05) is 27.7 Å². The highest BCUT2D eigenvalue weighted by atomic mass is 16.4. The monoisotopic (exact) mass is 255 g/mol. The van der Waals surface area contributed by atoms with E-state index in [-0.39, 0.29) is 5.91 Å². The fourth-order valence-electron chi connectivity index (χ4n) is 2.94. The van der Waals surface area contributed by atoms with Crippen LogP contribution in [0.4, 0.5) is 0 Å². The summed E-state index contributed by atoms with van der Waals surface area (Å²) in [5.41, 5.74) is -2.02. The number of nitrogens with one attached hydrogen (secondary N) is 1. The van der Waals surface area contributed by atoms with Crippen LogP contribution >= 0.6 is 0 Å². The van der Waals surface area contributed by atoms with Crippen molar-refractivity contribution in [3.63, 3.8) is 0 Å². The van der Waals surface area contributed by atoms with E-state index in [9.17, 15) is 14.7 Å². The van der Waals surface area contributed by atoms with Gasteiger partial charge in [0.1, 0.15) is 0 Å². The first-order valence-electron chi connectivity index (χ1n) is 6.65. The van der Waals surface area contributed by atoms with Crippen LogP contribution in [0, 0.1) is 16.2 Å². The van der Waals surface area contributed by atoms with Gasteiger partial charge in [0.2, 0.25) is 5.91 Å². The molecule has 0 heterocycles. The normalized spacial score (nSPS) is 34.3. The lowest BCUT2D eigenvalue weighted by molar-refractivity contribution is -0.158. The minimum atomic E-state index is -0.842. The predicted octanol–water partition coefficient (Wildman–Crippen LogP) is 2.43. The first kappa shape index (κ1) is 15.0. The first-order valence-corrected chi connectivity index (χ1v) is 6.65. The van der Waals surface area contributed by atoms with Crippen molar-refractivity contribution in [2.24, 2.45) is 16.2 Å². The number of amides is 1. The summed E-state index contributed by atoms with van der Waals surface area (Å²) in [6.07, 6.45) is 2.06. The number of carbonyl (C=O) groups is 2. The Morgan fingerprint density at radius 2 is 1.61 bits per heavy atom. The van der Waals surface area contributed by atoms with Crippen LogP contribution in [-0.2, 0) is 9.59 Å². The van der Waals surface area contributed by atoms with Crippen molar-refractivity contribution in [1.82, 2.24) is 5.32 Å². The van der Waals surface area contributed by atoms with Gasteiger partial charge in [-0.05, 0) is 31.6 Å². The number of carboxylic acids is 1. The lowest BCUT2D eigenvalue weighted by Crippen LogP contribution is -2.51. The van der Waals surface area contributed by atoms with Crippen LogP contribution in [0.25, 0.3) is 0 Å². The molecule has 0 aromatic heterocycles. The Balaban J connectivity index is 3.06. The average molecular weight is 255 g/mol. The third-order valence-electron chi connectivity index (χ3n) is 5.39. The molecule has 2 atom stereocenters. The SMILES string of the molecule is CCCNC(=O)C1(C)CCC(C)(C(=O)O)C1(C)C. The summed E-state index contributed by atoms with van der Waals surface area (Å²) < 4.78 is 0. The van der Waals surface area contributed by atoms with E-state index in [1.54, 1.807) is 6.92 Å². The molecule has 0 aromatic rings. The zero-order valence-electron chi connectivity index (χ0n) is 12.1. The molecule has 1 saturated carbocycles. The number of hydrogen-bond donors (Lipinski definition) is 2. The van der Waals surface area contributed by atoms with Gasteiger partial charge in [0.15, 0.2) is 0 Å². The molecule has 0 bridgehead atoms. The van der Waals surface area contributed by atoms with E-state index in [1.165, 1.54) is 0 Å². The van der Waals surface area contributed by atoms with E-state index < -0.39 is 22.2 Å². The molecule has 104 valence electrons. The molecule has 0 saturated heterocycles. The molecule has 1 amide bonds. The first-order chi connectivity index (χ1) is 8.13. The van der Waals surface area contributed by atoms with Crippen molar-refractivity contribution in [2.75, 3.05) is 6.54 Å². The van der Waals surface area contributed by atoms with Crippen molar-refractivity contribution >= 4 is 11.9 Å². The van der Waals surface area contributed by atoms with Crippen molar-refractivity contribution in [1.29, 1.82) is 0 Å². The van der Waals surface area contributed by atoms with Crippen LogP contribution in [-0.4, -0.2) is 23.5 Å². The third kappa shape index (κ3) is 1.82. The van der Waals surface area contributed by atoms with E-state index in [0.717, 1.165) is 6.42 Å². The molecule has 4 heteroatoms. The largest absolute Gasteiger partial charge is 0.481 e. The lowest BCUT2D eigenvalue weighted by Gasteiger charge is -2.44. The number of hydrogen-bond acceptors (Lipinski definition) is 2. The number of aliphatic carboxylic acids is 1. The molecule has 1 rings (SSSR count). The van der Waals surface area contributed by atoms with Gasteiger partial charge >= 0.3 is 5.97 Å². The minimum Gasteiger partial charge on any atom is -0.481 e. The molecule has 0 aliphatic heterocycles. The Hall–Kier alpha value is -1.06. The summed E-state index contributed by atoms with van der Waals surface area (Å²) in [5.74, 6) is -0.821. The molecule has 4 nitrogen and oxygen atoms in total. The van der Waals surface area contributed by atoms with Gasteiger partial charge < -0.3 is 10.4 Å². The molecule has 1 aliphatic rings. The Morgan fingerprint density at radius 3 is 2.00 bits per heavy atom. The Labute approximate surface area is 109 Å². The van der Waals surface area contributed by atoms with Crippen molar-refractivity contribution in [3.8, 4) is 0 Å². The smallest absolute Gasteiger partial charge is 0.309 e. The van der Waals surface area contributed by atoms with Crippen LogP contribution in [0.5, 0.6) is 0 Å². The number of rotatable bonds is 4. The fraction of sp³-hybridized carbons (Fsp3) is 0.857. The maximum absolute atomic E-state index is 12.3. The molecular formula is C14H25NO3. The van der Waals surface area contributed by atoms with Crippen molar-refractivity contribution in [2.45, 2.75) is 53.9 Å². The van der Waals surface area contributed by atoms with E-state index in [2.05, 4.69) is 5.32 Å². The Morgan fingerprint density at radius 1 is 1.11 bits per heavy atom. The van der Waals surface area contributed by atoms with Gasteiger partial charge in [-0.2, -0.15) is 0 Å². The summed E-state index contributed by atoms with van der Waals surface area (Å²) in [7, 11) is 0. The summed E-state index contributed by atoms with van der Waals surface area (Å²) in [6, 6.07) is 0. The second-order valence-corrected chi connectivity index (χ2v) is 6.35. The summed E-state index contributed by atoms with van der Waals surface area (Å²) in [6.45, 7) is 10.1. The van der Waals surface area contributed by atoms with Crippen molar-refractivity contribution in [3.05, 3.63) is 0 Å². The maximum atomic E-state index is 12.3. The Kier molecular flexibility index (Phi) is 3.80. The van der Waals surface area contributed by atoms with Gasteiger partial charge in [0.05, 0.1) is 10.8 Å². The van der Waals surface area contributed by atoms with Crippen LogP contribution in [0.2, 0.25) is 0 Å². The van der Waals surface area contributed by atoms with Gasteiger partial charge in [0, 0.05) is 6.54 Å². The summed E-state index contributed by atoms with van der Waals surface area (Å²) >= 11 is 0. The third-order valence-corrected chi connectivity index (χ3v) is 5.39. The Bertz CT molecular complexity index is 364.